The molecule has 108 valence electrons. The molecule has 2 rings (SSSR count). The molecule has 0 unspecified atom stereocenters. The summed E-state index contributed by atoms with van der Waals surface area (Å²) in [5, 5.41) is 4.45. The Hall–Kier alpha value is -1.48. The fourth-order valence-corrected chi connectivity index (χ4v) is 2.33. The fourth-order valence-electron chi connectivity index (χ4n) is 1.68. The minimum absolute atomic E-state index is 0.221. The molecule has 21 heavy (non-hydrogen) atoms. The van der Waals surface area contributed by atoms with Crippen molar-refractivity contribution in [2.24, 2.45) is 0 Å². The molecule has 0 fully saturated rings. The van der Waals surface area contributed by atoms with Crippen LogP contribution < -0.4 is 5.32 Å². The van der Waals surface area contributed by atoms with Crippen molar-refractivity contribution in [2.45, 2.75) is 6.54 Å². The van der Waals surface area contributed by atoms with Crippen LogP contribution in [0.25, 0.3) is 6.08 Å². The number of hydrogen-bond acceptors (Lipinski definition) is 1. The lowest BCUT2D eigenvalue weighted by Crippen LogP contribution is -2.20. The quantitative estimate of drug-likeness (QED) is 0.782. The molecule has 1 amide bonds. The first-order valence-electron chi connectivity index (χ1n) is 6.20. The number of amides is 1. The van der Waals surface area contributed by atoms with Gasteiger partial charge in [0.2, 0.25) is 5.91 Å². The van der Waals surface area contributed by atoms with E-state index in [1.54, 1.807) is 36.4 Å². The molecule has 2 nitrogen and oxygen atoms in total. The van der Waals surface area contributed by atoms with Gasteiger partial charge in [-0.05, 0) is 35.9 Å². The van der Waals surface area contributed by atoms with Gasteiger partial charge in [0.05, 0.1) is 0 Å². The third kappa shape index (κ3) is 4.78. The van der Waals surface area contributed by atoms with E-state index in [1.807, 2.05) is 12.1 Å². The van der Waals surface area contributed by atoms with Crippen LogP contribution in [0.5, 0.6) is 0 Å². The van der Waals surface area contributed by atoms with Gasteiger partial charge < -0.3 is 5.32 Å². The van der Waals surface area contributed by atoms with Crippen LogP contribution in [-0.2, 0) is 11.3 Å². The first-order chi connectivity index (χ1) is 10.1. The molecule has 0 atom stereocenters. The maximum atomic E-state index is 11.8. The lowest BCUT2D eigenvalue weighted by Gasteiger charge is -2.03. The van der Waals surface area contributed by atoms with E-state index in [1.165, 1.54) is 6.08 Å². The second-order valence-corrected chi connectivity index (χ2v) is 5.56. The molecule has 0 bridgehead atoms. The Morgan fingerprint density at radius 3 is 2.24 bits per heavy atom. The number of hydrogen-bond donors (Lipinski definition) is 1. The highest BCUT2D eigenvalue weighted by Crippen LogP contribution is 2.25. The third-order valence-corrected chi connectivity index (χ3v) is 3.69. The fraction of sp³-hybridized carbons (Fsp3) is 0.0625. The Morgan fingerprint density at radius 2 is 1.62 bits per heavy atom. The summed E-state index contributed by atoms with van der Waals surface area (Å²) in [6.07, 6.45) is 3.00. The Morgan fingerprint density at radius 1 is 1.00 bits per heavy atom. The van der Waals surface area contributed by atoms with Crippen molar-refractivity contribution < 1.29 is 4.79 Å². The average molecular weight is 341 g/mol. The van der Waals surface area contributed by atoms with Crippen molar-refractivity contribution in [3.63, 3.8) is 0 Å². The van der Waals surface area contributed by atoms with Crippen molar-refractivity contribution in [2.75, 3.05) is 0 Å². The molecule has 1 N–H and O–H groups in total. The van der Waals surface area contributed by atoms with Crippen LogP contribution >= 0.6 is 34.8 Å². The van der Waals surface area contributed by atoms with Crippen molar-refractivity contribution in [1.82, 2.24) is 5.32 Å². The van der Waals surface area contributed by atoms with Gasteiger partial charge in [-0.15, -0.1) is 0 Å². The van der Waals surface area contributed by atoms with E-state index in [2.05, 4.69) is 5.32 Å². The van der Waals surface area contributed by atoms with Crippen LogP contribution in [0.2, 0.25) is 15.1 Å². The smallest absolute Gasteiger partial charge is 0.244 e. The van der Waals surface area contributed by atoms with Crippen molar-refractivity contribution in [1.29, 1.82) is 0 Å². The lowest BCUT2D eigenvalue weighted by molar-refractivity contribution is -0.116. The van der Waals surface area contributed by atoms with Crippen LogP contribution in [0.3, 0.4) is 0 Å². The van der Waals surface area contributed by atoms with Gasteiger partial charge in [-0.3, -0.25) is 4.79 Å². The van der Waals surface area contributed by atoms with E-state index < -0.39 is 0 Å². The summed E-state index contributed by atoms with van der Waals surface area (Å²) in [5.41, 5.74) is 1.60. The first kappa shape index (κ1) is 15.9. The second-order valence-electron chi connectivity index (χ2n) is 4.31. The first-order valence-corrected chi connectivity index (χ1v) is 7.34. The average Bonchev–Trinajstić information content (AvgIpc) is 2.46. The molecule has 0 aliphatic heterocycles. The van der Waals surface area contributed by atoms with E-state index in [-0.39, 0.29) is 5.91 Å². The largest absolute Gasteiger partial charge is 0.348 e. The SMILES string of the molecule is O=C(/C=C/c1c(Cl)cccc1Cl)NCc1ccc(Cl)cc1. The monoisotopic (exact) mass is 339 g/mol. The zero-order valence-corrected chi connectivity index (χ0v) is 13.2. The van der Waals surface area contributed by atoms with Gasteiger partial charge in [-0.25, -0.2) is 0 Å². The van der Waals surface area contributed by atoms with Crippen LogP contribution in [0.4, 0.5) is 0 Å². The number of carbonyl (C=O) groups is 1. The van der Waals surface area contributed by atoms with E-state index in [9.17, 15) is 4.79 Å². The Kier molecular flexibility index (Phi) is 5.68. The number of halogens is 3. The highest BCUT2D eigenvalue weighted by molar-refractivity contribution is 6.37. The molecule has 0 aliphatic rings. The molecule has 0 spiro atoms. The lowest BCUT2D eigenvalue weighted by atomic mass is 10.2. The summed E-state index contributed by atoms with van der Waals surface area (Å²) in [4.78, 5) is 11.8. The Labute approximate surface area is 138 Å². The maximum Gasteiger partial charge on any atom is 0.244 e. The highest BCUT2D eigenvalue weighted by atomic mass is 35.5. The van der Waals surface area contributed by atoms with Crippen molar-refractivity contribution in [3.05, 3.63) is 74.7 Å². The van der Waals surface area contributed by atoms with Gasteiger partial charge in [0.25, 0.3) is 0 Å². The Balaban J connectivity index is 1.95. The molecule has 5 heteroatoms. The van der Waals surface area contributed by atoms with Crippen LogP contribution in [0.15, 0.2) is 48.5 Å². The van der Waals surface area contributed by atoms with Gasteiger partial charge in [0, 0.05) is 33.3 Å². The molecule has 2 aromatic rings. The number of carbonyl (C=O) groups excluding carboxylic acids is 1. The van der Waals surface area contributed by atoms with E-state index in [4.69, 9.17) is 34.8 Å². The molecule has 0 aromatic heterocycles. The minimum atomic E-state index is -0.221. The minimum Gasteiger partial charge on any atom is -0.348 e. The summed E-state index contributed by atoms with van der Waals surface area (Å²) < 4.78 is 0. The summed E-state index contributed by atoms with van der Waals surface area (Å²) in [7, 11) is 0. The zero-order valence-electron chi connectivity index (χ0n) is 10.9. The standard InChI is InChI=1S/C16H12Cl3NO/c17-12-6-4-11(5-7-12)10-20-16(21)9-8-13-14(18)2-1-3-15(13)19/h1-9H,10H2,(H,20,21)/b9-8+. The molecular formula is C16H12Cl3NO. The second kappa shape index (κ2) is 7.51. The predicted molar refractivity (Wildman–Crippen MR) is 88.8 cm³/mol. The molecule has 0 saturated heterocycles. The van der Waals surface area contributed by atoms with E-state index >= 15 is 0 Å². The van der Waals surface area contributed by atoms with Crippen LogP contribution in [0, 0.1) is 0 Å². The highest BCUT2D eigenvalue weighted by Gasteiger charge is 2.02. The van der Waals surface area contributed by atoms with Gasteiger partial charge in [0.1, 0.15) is 0 Å². The van der Waals surface area contributed by atoms with Gasteiger partial charge >= 0.3 is 0 Å². The summed E-state index contributed by atoms with van der Waals surface area (Å²) in [6.45, 7) is 0.427. The molecule has 0 radical (unpaired) electrons. The topological polar surface area (TPSA) is 29.1 Å². The van der Waals surface area contributed by atoms with Crippen LogP contribution in [0.1, 0.15) is 11.1 Å². The molecule has 0 heterocycles. The van der Waals surface area contributed by atoms with Gasteiger partial charge in [-0.1, -0.05) is 53.0 Å². The summed E-state index contributed by atoms with van der Waals surface area (Å²) in [5.74, 6) is -0.221. The third-order valence-electron chi connectivity index (χ3n) is 2.78. The van der Waals surface area contributed by atoms with Gasteiger partial charge in [0.15, 0.2) is 0 Å². The van der Waals surface area contributed by atoms with Crippen molar-refractivity contribution in [3.8, 4) is 0 Å². The number of rotatable bonds is 4. The molecule has 0 aliphatic carbocycles. The number of benzene rings is 2. The predicted octanol–water partition coefficient (Wildman–Crippen LogP) is 4.98. The normalized spacial score (nSPS) is 10.8. The van der Waals surface area contributed by atoms with E-state index in [0.29, 0.717) is 27.2 Å². The zero-order chi connectivity index (χ0) is 15.2. The summed E-state index contributed by atoms with van der Waals surface area (Å²) >= 11 is 17.8. The van der Waals surface area contributed by atoms with Gasteiger partial charge in [-0.2, -0.15) is 0 Å². The summed E-state index contributed by atoms with van der Waals surface area (Å²) in [6, 6.07) is 12.5. The molecule has 0 saturated carbocycles. The van der Waals surface area contributed by atoms with E-state index in [0.717, 1.165) is 5.56 Å². The maximum absolute atomic E-state index is 11.8. The van der Waals surface area contributed by atoms with Crippen molar-refractivity contribution >= 4 is 46.8 Å². The Bertz CT molecular complexity index is 645. The number of nitrogens with one attached hydrogen (secondary N) is 1. The molecule has 2 aromatic carbocycles. The molecular weight excluding hydrogens is 329 g/mol. The van der Waals surface area contributed by atoms with Crippen LogP contribution in [-0.4, -0.2) is 5.91 Å².